The van der Waals surface area contributed by atoms with Gasteiger partial charge in [0.2, 0.25) is 0 Å². The second-order valence-corrected chi connectivity index (χ2v) is 6.23. The molecule has 1 saturated heterocycles. The summed E-state index contributed by atoms with van der Waals surface area (Å²) < 4.78 is 11.4. The third kappa shape index (κ3) is 4.72. The molecule has 3 rings (SSSR count). The van der Waals surface area contributed by atoms with Crippen LogP contribution in [0.1, 0.15) is 37.7 Å². The van der Waals surface area contributed by atoms with Gasteiger partial charge in [0, 0.05) is 13.1 Å². The standard InChI is InChI=1S/C18H27NO2/c1-2-6-17(5-1)21-18-9-7-16(8-10-18)4-3-11-19-12-14-20-15-13-19/h7-10,17H,1-6,11-15H2. The number of aryl methyl sites for hydroxylation is 1. The molecule has 2 fully saturated rings. The first kappa shape index (κ1) is 14.9. The largest absolute Gasteiger partial charge is 0.490 e. The molecule has 21 heavy (non-hydrogen) atoms. The molecule has 1 aliphatic carbocycles. The van der Waals surface area contributed by atoms with Gasteiger partial charge in [-0.1, -0.05) is 12.1 Å². The van der Waals surface area contributed by atoms with E-state index in [0.717, 1.165) is 38.5 Å². The summed E-state index contributed by atoms with van der Waals surface area (Å²) >= 11 is 0. The lowest BCUT2D eigenvalue weighted by molar-refractivity contribution is 0.0374. The van der Waals surface area contributed by atoms with Crippen molar-refractivity contribution in [1.29, 1.82) is 0 Å². The average molecular weight is 289 g/mol. The summed E-state index contributed by atoms with van der Waals surface area (Å²) in [6.45, 7) is 5.16. The van der Waals surface area contributed by atoms with Crippen LogP contribution in [0.25, 0.3) is 0 Å². The third-order valence-electron chi connectivity index (χ3n) is 4.57. The normalized spacial score (nSPS) is 20.8. The lowest BCUT2D eigenvalue weighted by atomic mass is 10.1. The Morgan fingerprint density at radius 3 is 2.48 bits per heavy atom. The van der Waals surface area contributed by atoms with E-state index in [1.54, 1.807) is 0 Å². The van der Waals surface area contributed by atoms with Crippen LogP contribution in [0, 0.1) is 0 Å². The fourth-order valence-corrected chi connectivity index (χ4v) is 3.26. The molecular formula is C18H27NO2. The molecule has 1 aromatic rings. The van der Waals surface area contributed by atoms with Crippen molar-refractivity contribution in [2.24, 2.45) is 0 Å². The Kier molecular flexibility index (Phi) is 5.53. The Balaban J connectivity index is 1.39. The Bertz CT molecular complexity index is 406. The molecule has 0 unspecified atom stereocenters. The van der Waals surface area contributed by atoms with E-state index >= 15 is 0 Å². The van der Waals surface area contributed by atoms with Crippen LogP contribution in [0.3, 0.4) is 0 Å². The Morgan fingerprint density at radius 2 is 1.76 bits per heavy atom. The molecule has 0 N–H and O–H groups in total. The zero-order chi connectivity index (χ0) is 14.3. The van der Waals surface area contributed by atoms with Gasteiger partial charge in [-0.2, -0.15) is 0 Å². The highest BCUT2D eigenvalue weighted by atomic mass is 16.5. The molecule has 1 heterocycles. The van der Waals surface area contributed by atoms with Crippen LogP contribution in [0.15, 0.2) is 24.3 Å². The van der Waals surface area contributed by atoms with Gasteiger partial charge in [0.1, 0.15) is 5.75 Å². The number of nitrogens with zero attached hydrogens (tertiary/aromatic N) is 1. The molecule has 3 heteroatoms. The SMILES string of the molecule is c1cc(OC2CCCC2)ccc1CCCN1CCOCC1. The maximum atomic E-state index is 6.01. The molecule has 1 saturated carbocycles. The summed E-state index contributed by atoms with van der Waals surface area (Å²) in [4.78, 5) is 2.50. The van der Waals surface area contributed by atoms with Gasteiger partial charge in [-0.15, -0.1) is 0 Å². The van der Waals surface area contributed by atoms with Crippen LogP contribution in [-0.4, -0.2) is 43.9 Å². The monoisotopic (exact) mass is 289 g/mol. The summed E-state index contributed by atoms with van der Waals surface area (Å²) in [5.41, 5.74) is 1.42. The molecule has 116 valence electrons. The van der Waals surface area contributed by atoms with Gasteiger partial charge in [-0.05, 0) is 62.8 Å². The zero-order valence-corrected chi connectivity index (χ0v) is 12.9. The van der Waals surface area contributed by atoms with Crippen LogP contribution < -0.4 is 4.74 Å². The minimum absolute atomic E-state index is 0.456. The summed E-state index contributed by atoms with van der Waals surface area (Å²) in [5, 5.41) is 0. The Morgan fingerprint density at radius 1 is 1.05 bits per heavy atom. The van der Waals surface area contributed by atoms with Gasteiger partial charge in [0.15, 0.2) is 0 Å². The molecular weight excluding hydrogens is 262 g/mol. The fourth-order valence-electron chi connectivity index (χ4n) is 3.26. The van der Waals surface area contributed by atoms with Crippen molar-refractivity contribution in [1.82, 2.24) is 4.90 Å². The predicted molar refractivity (Wildman–Crippen MR) is 84.9 cm³/mol. The lowest BCUT2D eigenvalue weighted by Crippen LogP contribution is -2.36. The second kappa shape index (κ2) is 7.81. The van der Waals surface area contributed by atoms with Gasteiger partial charge in [-0.25, -0.2) is 0 Å². The molecule has 0 amide bonds. The van der Waals surface area contributed by atoms with Crippen LogP contribution in [0.2, 0.25) is 0 Å². The number of benzene rings is 1. The van der Waals surface area contributed by atoms with Crippen molar-refractivity contribution < 1.29 is 9.47 Å². The first-order valence-corrected chi connectivity index (χ1v) is 8.46. The van der Waals surface area contributed by atoms with Crippen molar-refractivity contribution in [2.45, 2.75) is 44.6 Å². The predicted octanol–water partition coefficient (Wildman–Crippen LogP) is 3.27. The van der Waals surface area contributed by atoms with Gasteiger partial charge in [0.25, 0.3) is 0 Å². The lowest BCUT2D eigenvalue weighted by Gasteiger charge is -2.26. The summed E-state index contributed by atoms with van der Waals surface area (Å²) in [7, 11) is 0. The van der Waals surface area contributed by atoms with E-state index < -0.39 is 0 Å². The van der Waals surface area contributed by atoms with Crippen molar-refractivity contribution in [3.63, 3.8) is 0 Å². The van der Waals surface area contributed by atoms with Crippen LogP contribution >= 0.6 is 0 Å². The highest BCUT2D eigenvalue weighted by Crippen LogP contribution is 2.24. The highest BCUT2D eigenvalue weighted by Gasteiger charge is 2.16. The minimum atomic E-state index is 0.456. The van der Waals surface area contributed by atoms with Crippen LogP contribution in [0.5, 0.6) is 5.75 Å². The molecule has 0 spiro atoms. The van der Waals surface area contributed by atoms with Crippen LogP contribution in [-0.2, 0) is 11.2 Å². The number of hydrogen-bond donors (Lipinski definition) is 0. The van der Waals surface area contributed by atoms with Gasteiger partial charge in [-0.3, -0.25) is 4.90 Å². The Labute approximate surface area is 128 Å². The van der Waals surface area contributed by atoms with Crippen molar-refractivity contribution in [3.8, 4) is 5.75 Å². The molecule has 2 aliphatic rings. The fraction of sp³-hybridized carbons (Fsp3) is 0.667. The first-order valence-electron chi connectivity index (χ1n) is 8.46. The topological polar surface area (TPSA) is 21.7 Å². The summed E-state index contributed by atoms with van der Waals surface area (Å²) in [6.07, 6.45) is 7.93. The van der Waals surface area contributed by atoms with Gasteiger partial charge in [0.05, 0.1) is 19.3 Å². The van der Waals surface area contributed by atoms with E-state index in [2.05, 4.69) is 29.2 Å². The molecule has 1 aromatic carbocycles. The van der Waals surface area contributed by atoms with E-state index in [1.807, 2.05) is 0 Å². The molecule has 0 aromatic heterocycles. The number of morpholine rings is 1. The second-order valence-electron chi connectivity index (χ2n) is 6.23. The highest BCUT2D eigenvalue weighted by molar-refractivity contribution is 5.27. The molecule has 3 nitrogen and oxygen atoms in total. The molecule has 1 aliphatic heterocycles. The van der Waals surface area contributed by atoms with E-state index in [1.165, 1.54) is 44.2 Å². The Hall–Kier alpha value is -1.06. The van der Waals surface area contributed by atoms with Gasteiger partial charge >= 0.3 is 0 Å². The van der Waals surface area contributed by atoms with Crippen LogP contribution in [0.4, 0.5) is 0 Å². The van der Waals surface area contributed by atoms with Gasteiger partial charge < -0.3 is 9.47 Å². The van der Waals surface area contributed by atoms with E-state index in [-0.39, 0.29) is 0 Å². The molecule has 0 bridgehead atoms. The zero-order valence-electron chi connectivity index (χ0n) is 12.9. The average Bonchev–Trinajstić information content (AvgIpc) is 3.03. The maximum absolute atomic E-state index is 6.01. The summed E-state index contributed by atoms with van der Waals surface area (Å²) in [6, 6.07) is 8.73. The van der Waals surface area contributed by atoms with E-state index in [0.29, 0.717) is 6.10 Å². The quantitative estimate of drug-likeness (QED) is 0.802. The maximum Gasteiger partial charge on any atom is 0.119 e. The number of ether oxygens (including phenoxy) is 2. The van der Waals surface area contributed by atoms with Crippen molar-refractivity contribution in [2.75, 3.05) is 32.8 Å². The van der Waals surface area contributed by atoms with Crippen molar-refractivity contribution >= 4 is 0 Å². The summed E-state index contributed by atoms with van der Waals surface area (Å²) in [5.74, 6) is 1.04. The van der Waals surface area contributed by atoms with E-state index in [4.69, 9.17) is 9.47 Å². The van der Waals surface area contributed by atoms with Crippen molar-refractivity contribution in [3.05, 3.63) is 29.8 Å². The third-order valence-corrected chi connectivity index (χ3v) is 4.57. The number of hydrogen-bond acceptors (Lipinski definition) is 3. The number of rotatable bonds is 6. The smallest absolute Gasteiger partial charge is 0.119 e. The van der Waals surface area contributed by atoms with E-state index in [9.17, 15) is 0 Å². The first-order chi connectivity index (χ1) is 10.4. The molecule has 0 atom stereocenters. The molecule has 0 radical (unpaired) electrons. The minimum Gasteiger partial charge on any atom is -0.490 e.